The fourth-order valence-electron chi connectivity index (χ4n) is 4.93. The zero-order valence-electron chi connectivity index (χ0n) is 16.4. The minimum Gasteiger partial charge on any atom is -0.342 e. The number of fused-ring (bicyclic) bond motifs is 1. The van der Waals surface area contributed by atoms with E-state index < -0.39 is 0 Å². The SMILES string of the molecule is CC(=O)N1CCc2nnc(C3CCN(C(=O)C4CCCCC4)CC3)n2CC1. The molecular formula is C20H31N5O2. The molecule has 1 saturated carbocycles. The number of hydrogen-bond acceptors (Lipinski definition) is 4. The van der Waals surface area contributed by atoms with Gasteiger partial charge in [-0.15, -0.1) is 10.2 Å². The first-order chi connectivity index (χ1) is 13.1. The summed E-state index contributed by atoms with van der Waals surface area (Å²) in [6.45, 7) is 5.53. The molecule has 0 N–H and O–H groups in total. The molecule has 1 aromatic rings. The molecule has 0 spiro atoms. The largest absolute Gasteiger partial charge is 0.342 e. The van der Waals surface area contributed by atoms with Crippen LogP contribution in [0.3, 0.4) is 0 Å². The number of nitrogens with zero attached hydrogens (tertiary/aromatic N) is 5. The first-order valence-electron chi connectivity index (χ1n) is 10.6. The summed E-state index contributed by atoms with van der Waals surface area (Å²) in [5.41, 5.74) is 0. The minimum atomic E-state index is 0.129. The summed E-state index contributed by atoms with van der Waals surface area (Å²) in [7, 11) is 0. The van der Waals surface area contributed by atoms with Gasteiger partial charge in [0.1, 0.15) is 11.6 Å². The Bertz CT molecular complexity index is 687. The van der Waals surface area contributed by atoms with Crippen LogP contribution in [0.4, 0.5) is 0 Å². The van der Waals surface area contributed by atoms with Crippen LogP contribution >= 0.6 is 0 Å². The third-order valence-electron chi connectivity index (χ3n) is 6.63. The van der Waals surface area contributed by atoms with Crippen LogP contribution < -0.4 is 0 Å². The molecule has 2 amide bonds. The second-order valence-electron chi connectivity index (χ2n) is 8.32. The van der Waals surface area contributed by atoms with E-state index in [0.717, 1.165) is 76.5 Å². The van der Waals surface area contributed by atoms with Crippen LogP contribution in [0.2, 0.25) is 0 Å². The van der Waals surface area contributed by atoms with E-state index in [1.54, 1.807) is 6.92 Å². The Hall–Kier alpha value is -1.92. The molecule has 1 aromatic heterocycles. The Morgan fingerprint density at radius 2 is 1.59 bits per heavy atom. The Morgan fingerprint density at radius 3 is 2.30 bits per heavy atom. The topological polar surface area (TPSA) is 71.3 Å². The lowest BCUT2D eigenvalue weighted by Crippen LogP contribution is -2.42. The summed E-state index contributed by atoms with van der Waals surface area (Å²) in [5.74, 6) is 3.19. The standard InChI is InChI=1S/C20H31N5O2/c1-15(26)23-12-9-18-21-22-19(25(18)14-13-23)16-7-10-24(11-8-16)20(27)17-5-3-2-4-6-17/h16-17H,2-14H2,1H3. The fourth-order valence-corrected chi connectivity index (χ4v) is 4.93. The first-order valence-corrected chi connectivity index (χ1v) is 10.6. The Labute approximate surface area is 161 Å². The number of carbonyl (C=O) groups excluding carboxylic acids is 2. The highest BCUT2D eigenvalue weighted by molar-refractivity contribution is 5.79. The fraction of sp³-hybridized carbons (Fsp3) is 0.800. The molecule has 3 aliphatic rings. The van der Waals surface area contributed by atoms with Crippen molar-refractivity contribution in [2.75, 3.05) is 26.2 Å². The van der Waals surface area contributed by atoms with Gasteiger partial charge in [0.15, 0.2) is 0 Å². The Morgan fingerprint density at radius 1 is 0.852 bits per heavy atom. The highest BCUT2D eigenvalue weighted by Gasteiger charge is 2.32. The Balaban J connectivity index is 1.37. The van der Waals surface area contributed by atoms with E-state index in [1.807, 2.05) is 4.90 Å². The molecule has 0 aromatic carbocycles. The van der Waals surface area contributed by atoms with Crippen molar-refractivity contribution in [3.63, 3.8) is 0 Å². The molecule has 1 saturated heterocycles. The lowest BCUT2D eigenvalue weighted by atomic mass is 9.87. The average Bonchev–Trinajstić information content (AvgIpc) is 2.98. The van der Waals surface area contributed by atoms with Gasteiger partial charge in [0.2, 0.25) is 11.8 Å². The number of carbonyl (C=O) groups is 2. The zero-order chi connectivity index (χ0) is 18.8. The number of piperidine rings is 1. The van der Waals surface area contributed by atoms with E-state index in [1.165, 1.54) is 19.3 Å². The molecule has 27 heavy (non-hydrogen) atoms. The third-order valence-corrected chi connectivity index (χ3v) is 6.63. The Kier molecular flexibility index (Phi) is 5.45. The zero-order valence-corrected chi connectivity index (χ0v) is 16.4. The summed E-state index contributed by atoms with van der Waals surface area (Å²) in [5, 5.41) is 8.91. The minimum absolute atomic E-state index is 0.129. The van der Waals surface area contributed by atoms with Gasteiger partial charge in [0.25, 0.3) is 0 Å². The summed E-state index contributed by atoms with van der Waals surface area (Å²) < 4.78 is 2.23. The second kappa shape index (κ2) is 7.98. The molecule has 0 radical (unpaired) electrons. The number of hydrogen-bond donors (Lipinski definition) is 0. The second-order valence-corrected chi connectivity index (χ2v) is 8.32. The third kappa shape index (κ3) is 3.87. The van der Waals surface area contributed by atoms with Crippen LogP contribution in [0.1, 0.15) is 69.4 Å². The van der Waals surface area contributed by atoms with Gasteiger partial charge in [-0.3, -0.25) is 9.59 Å². The van der Waals surface area contributed by atoms with Gasteiger partial charge in [-0.05, 0) is 25.7 Å². The van der Waals surface area contributed by atoms with Gasteiger partial charge in [0.05, 0.1) is 0 Å². The maximum absolute atomic E-state index is 12.8. The molecule has 7 heteroatoms. The monoisotopic (exact) mass is 373 g/mol. The van der Waals surface area contributed by atoms with Crippen LogP contribution in [0.5, 0.6) is 0 Å². The van der Waals surface area contributed by atoms with Crippen molar-refractivity contribution in [2.24, 2.45) is 5.92 Å². The van der Waals surface area contributed by atoms with Crippen molar-refractivity contribution in [1.29, 1.82) is 0 Å². The van der Waals surface area contributed by atoms with Crippen LogP contribution in [0.25, 0.3) is 0 Å². The van der Waals surface area contributed by atoms with E-state index in [0.29, 0.717) is 11.8 Å². The van der Waals surface area contributed by atoms with Crippen molar-refractivity contribution in [3.8, 4) is 0 Å². The lowest BCUT2D eigenvalue weighted by Gasteiger charge is -2.35. The maximum atomic E-state index is 12.8. The van der Waals surface area contributed by atoms with Gasteiger partial charge in [-0.2, -0.15) is 0 Å². The lowest BCUT2D eigenvalue weighted by molar-refractivity contribution is -0.137. The van der Waals surface area contributed by atoms with E-state index in [2.05, 4.69) is 19.7 Å². The molecule has 1 aliphatic carbocycles. The van der Waals surface area contributed by atoms with Crippen molar-refractivity contribution in [1.82, 2.24) is 24.6 Å². The predicted molar refractivity (Wildman–Crippen MR) is 101 cm³/mol. The van der Waals surface area contributed by atoms with Crippen LogP contribution in [-0.4, -0.2) is 62.6 Å². The van der Waals surface area contributed by atoms with E-state index in [4.69, 9.17) is 0 Å². The van der Waals surface area contributed by atoms with E-state index >= 15 is 0 Å². The van der Waals surface area contributed by atoms with Gasteiger partial charge in [-0.25, -0.2) is 0 Å². The first kappa shape index (κ1) is 18.4. The van der Waals surface area contributed by atoms with Crippen LogP contribution in [0, 0.1) is 5.92 Å². The molecule has 0 atom stereocenters. The van der Waals surface area contributed by atoms with Crippen molar-refractivity contribution in [2.45, 2.75) is 70.8 Å². The summed E-state index contributed by atoms with van der Waals surface area (Å²) in [4.78, 5) is 28.4. The number of rotatable bonds is 2. The molecule has 2 fully saturated rings. The highest BCUT2D eigenvalue weighted by atomic mass is 16.2. The number of likely N-dealkylation sites (tertiary alicyclic amines) is 1. The van der Waals surface area contributed by atoms with Gasteiger partial charge >= 0.3 is 0 Å². The molecule has 2 aliphatic heterocycles. The predicted octanol–water partition coefficient (Wildman–Crippen LogP) is 1.97. The van der Waals surface area contributed by atoms with Gasteiger partial charge in [-0.1, -0.05) is 19.3 Å². The van der Waals surface area contributed by atoms with E-state index in [-0.39, 0.29) is 11.8 Å². The van der Waals surface area contributed by atoms with Crippen LogP contribution in [-0.2, 0) is 22.6 Å². The summed E-state index contributed by atoms with van der Waals surface area (Å²) in [6.07, 6.45) is 8.54. The van der Waals surface area contributed by atoms with E-state index in [9.17, 15) is 9.59 Å². The van der Waals surface area contributed by atoms with Crippen LogP contribution in [0.15, 0.2) is 0 Å². The molecular weight excluding hydrogens is 342 g/mol. The highest BCUT2D eigenvalue weighted by Crippen LogP contribution is 2.31. The number of aromatic nitrogens is 3. The molecule has 3 heterocycles. The molecule has 7 nitrogen and oxygen atoms in total. The van der Waals surface area contributed by atoms with Crippen molar-refractivity contribution < 1.29 is 9.59 Å². The summed E-state index contributed by atoms with van der Waals surface area (Å²) in [6, 6.07) is 0. The van der Waals surface area contributed by atoms with Gasteiger partial charge in [0, 0.05) is 57.9 Å². The van der Waals surface area contributed by atoms with Crippen molar-refractivity contribution >= 4 is 11.8 Å². The summed E-state index contributed by atoms with van der Waals surface area (Å²) >= 11 is 0. The molecule has 148 valence electrons. The number of amides is 2. The molecule has 0 unspecified atom stereocenters. The molecule has 0 bridgehead atoms. The smallest absolute Gasteiger partial charge is 0.225 e. The average molecular weight is 374 g/mol. The van der Waals surface area contributed by atoms with Crippen molar-refractivity contribution in [3.05, 3.63) is 11.6 Å². The molecule has 4 rings (SSSR count). The maximum Gasteiger partial charge on any atom is 0.225 e. The normalized spacial score (nSPS) is 22.4. The quantitative estimate of drug-likeness (QED) is 0.795. The van der Waals surface area contributed by atoms with Gasteiger partial charge < -0.3 is 14.4 Å².